The Balaban J connectivity index is 0.00000190. The van der Waals surface area contributed by atoms with Crippen molar-refractivity contribution in [2.75, 3.05) is 23.8 Å². The molecule has 9 nitrogen and oxygen atoms in total. The molecule has 0 bridgehead atoms. The normalized spacial score (nSPS) is 19.6. The fourth-order valence-electron chi connectivity index (χ4n) is 5.20. The van der Waals surface area contributed by atoms with Gasteiger partial charge in [0.05, 0.1) is 18.5 Å². The molecular weight excluding hydrogens is 513 g/mol. The number of aromatic nitrogens is 4. The summed E-state index contributed by atoms with van der Waals surface area (Å²) in [7, 11) is 0. The smallest absolute Gasteiger partial charge is 0.338 e. The average molecular weight is 551 g/mol. The topological polar surface area (TPSA) is 120 Å². The maximum absolute atomic E-state index is 12.0. The summed E-state index contributed by atoms with van der Waals surface area (Å²) in [4.78, 5) is 26.4. The number of hydrogen-bond acceptors (Lipinski definition) is 8. The first-order valence-corrected chi connectivity index (χ1v) is 12.9. The van der Waals surface area contributed by atoms with E-state index < -0.39 is 0 Å². The predicted octanol–water partition coefficient (Wildman–Crippen LogP) is 5.63. The molecule has 4 N–H and O–H groups in total. The number of imidazole rings is 1. The molecule has 2 aromatic heterocycles. The van der Waals surface area contributed by atoms with Crippen LogP contribution in [-0.2, 0) is 4.74 Å². The second-order valence-corrected chi connectivity index (χ2v) is 9.74. The Labute approximate surface area is 230 Å². The van der Waals surface area contributed by atoms with Gasteiger partial charge in [-0.2, -0.15) is 9.97 Å². The average Bonchev–Trinajstić information content (AvgIpc) is 3.54. The van der Waals surface area contributed by atoms with Crippen LogP contribution >= 0.6 is 24.8 Å². The fraction of sp³-hybridized carbons (Fsp3) is 0.538. The van der Waals surface area contributed by atoms with Crippen molar-refractivity contribution in [1.29, 1.82) is 0 Å². The van der Waals surface area contributed by atoms with E-state index in [1.165, 1.54) is 12.8 Å². The minimum atomic E-state index is -0.325. The lowest BCUT2D eigenvalue weighted by Gasteiger charge is -2.26. The van der Waals surface area contributed by atoms with E-state index in [1.54, 1.807) is 19.1 Å². The van der Waals surface area contributed by atoms with Crippen LogP contribution in [0.25, 0.3) is 11.2 Å². The Morgan fingerprint density at radius 3 is 2.43 bits per heavy atom. The van der Waals surface area contributed by atoms with Gasteiger partial charge in [-0.15, -0.1) is 24.8 Å². The molecule has 0 radical (unpaired) electrons. The molecule has 3 aromatic rings. The van der Waals surface area contributed by atoms with Gasteiger partial charge in [0.15, 0.2) is 17.0 Å². The van der Waals surface area contributed by atoms with Crippen LogP contribution in [0.15, 0.2) is 30.6 Å². The van der Waals surface area contributed by atoms with Gasteiger partial charge in [-0.3, -0.25) is 0 Å². The molecule has 5 rings (SSSR count). The van der Waals surface area contributed by atoms with Gasteiger partial charge in [-0.1, -0.05) is 12.8 Å². The van der Waals surface area contributed by atoms with E-state index in [4.69, 9.17) is 20.4 Å². The molecule has 0 saturated heterocycles. The molecule has 202 valence electrons. The molecule has 2 aliphatic carbocycles. The van der Waals surface area contributed by atoms with Crippen LogP contribution < -0.4 is 16.4 Å². The van der Waals surface area contributed by atoms with E-state index >= 15 is 0 Å². The number of nitrogens with two attached hydrogens (primary N) is 1. The third kappa shape index (κ3) is 6.83. The highest BCUT2D eigenvalue weighted by atomic mass is 35.5. The predicted molar refractivity (Wildman–Crippen MR) is 151 cm³/mol. The van der Waals surface area contributed by atoms with Crippen molar-refractivity contribution >= 4 is 59.4 Å². The molecule has 2 heterocycles. The van der Waals surface area contributed by atoms with E-state index in [0.29, 0.717) is 41.9 Å². The third-order valence-corrected chi connectivity index (χ3v) is 7.24. The minimum absolute atomic E-state index is 0. The van der Waals surface area contributed by atoms with Crippen LogP contribution in [0.3, 0.4) is 0 Å². The van der Waals surface area contributed by atoms with Gasteiger partial charge in [0.25, 0.3) is 0 Å². The zero-order chi connectivity index (χ0) is 24.2. The fourth-order valence-corrected chi connectivity index (χ4v) is 5.20. The van der Waals surface area contributed by atoms with Crippen LogP contribution in [0.2, 0.25) is 0 Å². The van der Waals surface area contributed by atoms with Crippen LogP contribution in [-0.4, -0.2) is 44.7 Å². The number of halogens is 2. The molecule has 0 spiro atoms. The van der Waals surface area contributed by atoms with Crippen LogP contribution in [0, 0.1) is 5.92 Å². The number of rotatable bonds is 8. The number of ether oxygens (including phenoxy) is 1. The molecule has 0 atom stereocenters. The molecule has 11 heteroatoms. The van der Waals surface area contributed by atoms with Gasteiger partial charge in [0.1, 0.15) is 0 Å². The Bertz CT molecular complexity index is 1160. The van der Waals surface area contributed by atoms with Crippen molar-refractivity contribution in [2.45, 2.75) is 70.4 Å². The highest BCUT2D eigenvalue weighted by Crippen LogP contribution is 2.34. The third-order valence-electron chi connectivity index (χ3n) is 7.24. The van der Waals surface area contributed by atoms with Gasteiger partial charge < -0.3 is 25.7 Å². The first-order chi connectivity index (χ1) is 17.1. The van der Waals surface area contributed by atoms with Crippen molar-refractivity contribution in [3.63, 3.8) is 0 Å². The van der Waals surface area contributed by atoms with E-state index in [0.717, 1.165) is 61.9 Å². The van der Waals surface area contributed by atoms with Crippen molar-refractivity contribution in [1.82, 2.24) is 19.5 Å². The molecule has 0 amide bonds. The molecule has 37 heavy (non-hydrogen) atoms. The zero-order valence-electron chi connectivity index (χ0n) is 21.2. The van der Waals surface area contributed by atoms with Gasteiger partial charge in [0, 0.05) is 24.3 Å². The summed E-state index contributed by atoms with van der Waals surface area (Å²) in [5, 5.41) is 6.89. The largest absolute Gasteiger partial charge is 0.462 e. The number of carbonyl (C=O) groups is 1. The van der Waals surface area contributed by atoms with Crippen molar-refractivity contribution in [3.05, 3.63) is 36.2 Å². The summed E-state index contributed by atoms with van der Waals surface area (Å²) in [5.41, 5.74) is 9.02. The lowest BCUT2D eigenvalue weighted by molar-refractivity contribution is 0.0526. The summed E-state index contributed by atoms with van der Waals surface area (Å²) in [6, 6.07) is 7.98. The molecule has 0 unspecified atom stereocenters. The Hall–Kier alpha value is -2.62. The van der Waals surface area contributed by atoms with Gasteiger partial charge in [-0.05, 0) is 75.6 Å². The summed E-state index contributed by atoms with van der Waals surface area (Å²) >= 11 is 0. The van der Waals surface area contributed by atoms with Crippen molar-refractivity contribution in [2.24, 2.45) is 11.7 Å². The molecule has 0 aliphatic heterocycles. The summed E-state index contributed by atoms with van der Waals surface area (Å²) in [6.45, 7) is 2.99. The zero-order valence-corrected chi connectivity index (χ0v) is 22.8. The number of carbonyl (C=O) groups excluding carboxylic acids is 1. The van der Waals surface area contributed by atoms with Crippen LogP contribution in [0.5, 0.6) is 0 Å². The second-order valence-electron chi connectivity index (χ2n) is 9.74. The van der Waals surface area contributed by atoms with E-state index in [2.05, 4.69) is 20.2 Å². The number of anilines is 3. The molecule has 2 aliphatic rings. The van der Waals surface area contributed by atoms with E-state index in [1.807, 2.05) is 18.5 Å². The number of benzene rings is 1. The molecule has 1 aromatic carbocycles. The van der Waals surface area contributed by atoms with Gasteiger partial charge >= 0.3 is 5.97 Å². The van der Waals surface area contributed by atoms with E-state index in [-0.39, 0.29) is 30.8 Å². The first kappa shape index (κ1) is 28.9. The van der Waals surface area contributed by atoms with Crippen molar-refractivity contribution < 1.29 is 9.53 Å². The number of esters is 1. The monoisotopic (exact) mass is 549 g/mol. The highest BCUT2D eigenvalue weighted by molar-refractivity contribution is 5.90. The summed E-state index contributed by atoms with van der Waals surface area (Å²) in [5.74, 6) is 1.52. The highest BCUT2D eigenvalue weighted by Gasteiger charge is 2.23. The van der Waals surface area contributed by atoms with Gasteiger partial charge in [-0.25, -0.2) is 9.78 Å². The maximum atomic E-state index is 12.0. The van der Waals surface area contributed by atoms with E-state index in [9.17, 15) is 4.79 Å². The second kappa shape index (κ2) is 13.3. The van der Waals surface area contributed by atoms with Crippen LogP contribution in [0.1, 0.15) is 74.7 Å². The number of fused-ring (bicyclic) bond motifs is 1. The minimum Gasteiger partial charge on any atom is -0.462 e. The first-order valence-electron chi connectivity index (χ1n) is 12.9. The molecule has 2 fully saturated rings. The Morgan fingerprint density at radius 2 is 1.76 bits per heavy atom. The van der Waals surface area contributed by atoms with Gasteiger partial charge in [0.2, 0.25) is 5.95 Å². The molecule has 2 saturated carbocycles. The van der Waals surface area contributed by atoms with Crippen molar-refractivity contribution in [3.8, 4) is 0 Å². The maximum Gasteiger partial charge on any atom is 0.338 e. The summed E-state index contributed by atoms with van der Waals surface area (Å²) in [6.07, 6.45) is 11.1. The quantitative estimate of drug-likeness (QED) is 0.309. The van der Waals surface area contributed by atoms with Crippen LogP contribution in [0.4, 0.5) is 17.5 Å². The SMILES string of the molecule is CCOC(=O)c1ccc(Nc2nc(NCC3CCC(N)CC3)nc3c2ncn3C2CCCC2)cc1.Cl.Cl. The number of nitrogens with one attached hydrogen (secondary N) is 2. The standard InChI is InChI=1S/C26H35N7O2.2ClH/c1-2-35-25(34)18-9-13-20(14-10-18)30-23-22-24(33(16-29-22)21-5-3-4-6-21)32-26(31-23)28-15-17-7-11-19(27)12-8-17;;/h9-10,13-14,16-17,19,21H,2-8,11-12,15,27H2,1H3,(H2,28,30,31,32);2*1H. The Kier molecular flexibility index (Phi) is 10.4. The number of nitrogens with zero attached hydrogens (tertiary/aromatic N) is 4. The lowest BCUT2D eigenvalue weighted by atomic mass is 9.86. The summed E-state index contributed by atoms with van der Waals surface area (Å²) < 4.78 is 7.30. The lowest BCUT2D eigenvalue weighted by Crippen LogP contribution is -2.29. The number of hydrogen-bond donors (Lipinski definition) is 3. The Morgan fingerprint density at radius 1 is 1.05 bits per heavy atom. The molecular formula is C26H37Cl2N7O2.